The number of aryl methyl sites for hydroxylation is 1. The highest BCUT2D eigenvalue weighted by Gasteiger charge is 2.26. The van der Waals surface area contributed by atoms with Gasteiger partial charge in [-0.05, 0) is 19.9 Å². The maximum absolute atomic E-state index is 15.2. The van der Waals surface area contributed by atoms with E-state index in [-0.39, 0.29) is 34.9 Å². The summed E-state index contributed by atoms with van der Waals surface area (Å²) in [7, 11) is 0. The molecular weight excluding hydrogens is 332 g/mol. The molecule has 1 aliphatic heterocycles. The molecule has 1 saturated heterocycles. The first-order valence-electron chi connectivity index (χ1n) is 8.11. The highest BCUT2D eigenvalue weighted by atomic mass is 19.1. The van der Waals surface area contributed by atoms with Gasteiger partial charge in [0.1, 0.15) is 11.5 Å². The van der Waals surface area contributed by atoms with Crippen molar-refractivity contribution in [2.75, 3.05) is 24.5 Å². The van der Waals surface area contributed by atoms with Crippen molar-refractivity contribution in [1.82, 2.24) is 9.88 Å². The molecule has 25 heavy (non-hydrogen) atoms. The molecule has 1 aromatic heterocycles. The second-order valence-corrected chi connectivity index (χ2v) is 6.04. The molecular formula is C17H19F2N3O3. The van der Waals surface area contributed by atoms with Crippen molar-refractivity contribution in [3.05, 3.63) is 34.1 Å². The lowest BCUT2D eigenvalue weighted by Crippen LogP contribution is -2.49. The Morgan fingerprint density at radius 2 is 2.20 bits per heavy atom. The van der Waals surface area contributed by atoms with E-state index in [0.29, 0.717) is 26.2 Å². The third-order valence-corrected chi connectivity index (χ3v) is 4.40. The Bertz CT molecular complexity index is 882. The molecule has 0 radical (unpaired) electrons. The Labute approximate surface area is 143 Å². The Hall–Kier alpha value is -2.48. The Morgan fingerprint density at radius 1 is 1.44 bits per heavy atom. The number of anilines is 1. The normalized spacial score (nSPS) is 17.8. The van der Waals surface area contributed by atoms with Gasteiger partial charge in [-0.25, -0.2) is 8.78 Å². The Morgan fingerprint density at radius 3 is 2.84 bits per heavy atom. The van der Waals surface area contributed by atoms with Crippen molar-refractivity contribution in [2.45, 2.75) is 26.4 Å². The number of hydrogen-bond acceptors (Lipinski definition) is 5. The maximum atomic E-state index is 15.2. The van der Waals surface area contributed by atoms with E-state index in [2.05, 4.69) is 10.1 Å². The number of carbonyl (C=O) groups excluding carboxylic acids is 1. The van der Waals surface area contributed by atoms with Gasteiger partial charge in [-0.15, -0.1) is 0 Å². The summed E-state index contributed by atoms with van der Waals surface area (Å²) in [4.78, 5) is 24.6. The summed E-state index contributed by atoms with van der Waals surface area (Å²) < 4.78 is 36.0. The molecule has 2 aromatic rings. The number of hydrogen-bond donors (Lipinski definition) is 1. The van der Waals surface area contributed by atoms with Crippen LogP contribution in [-0.4, -0.2) is 36.7 Å². The SMILES string of the molecule is CCn1cc(OC=O)c(=O)c2cc(F)c(N3CCNC(C)C3)c(F)c21. The predicted molar refractivity (Wildman–Crippen MR) is 90.2 cm³/mol. The van der Waals surface area contributed by atoms with Gasteiger partial charge < -0.3 is 19.5 Å². The molecule has 1 N–H and O–H groups in total. The molecule has 0 spiro atoms. The summed E-state index contributed by atoms with van der Waals surface area (Å²) in [5.41, 5.74) is -0.843. The highest BCUT2D eigenvalue weighted by molar-refractivity contribution is 5.85. The fourth-order valence-corrected chi connectivity index (χ4v) is 3.26. The Balaban J connectivity index is 2.27. The zero-order valence-corrected chi connectivity index (χ0v) is 14.0. The lowest BCUT2D eigenvalue weighted by molar-refractivity contribution is -0.120. The number of pyridine rings is 1. The Kier molecular flexibility index (Phi) is 4.71. The summed E-state index contributed by atoms with van der Waals surface area (Å²) in [6.45, 7) is 5.68. The maximum Gasteiger partial charge on any atom is 0.298 e. The fraction of sp³-hybridized carbons (Fsp3) is 0.412. The number of aromatic nitrogens is 1. The summed E-state index contributed by atoms with van der Waals surface area (Å²) in [5.74, 6) is -1.84. The van der Waals surface area contributed by atoms with Gasteiger partial charge in [0.25, 0.3) is 6.47 Å². The number of nitrogens with one attached hydrogen (secondary N) is 1. The molecule has 2 heterocycles. The largest absolute Gasteiger partial charge is 0.423 e. The van der Waals surface area contributed by atoms with Crippen LogP contribution in [0.2, 0.25) is 0 Å². The van der Waals surface area contributed by atoms with E-state index in [1.54, 1.807) is 11.8 Å². The van der Waals surface area contributed by atoms with Gasteiger partial charge in [0.15, 0.2) is 11.6 Å². The van der Waals surface area contributed by atoms with E-state index < -0.39 is 17.1 Å². The van der Waals surface area contributed by atoms with E-state index in [0.717, 1.165) is 6.07 Å². The van der Waals surface area contributed by atoms with Crippen molar-refractivity contribution >= 4 is 23.1 Å². The summed E-state index contributed by atoms with van der Waals surface area (Å²) in [6.07, 6.45) is 1.27. The minimum Gasteiger partial charge on any atom is -0.423 e. The average Bonchev–Trinajstić information content (AvgIpc) is 2.58. The van der Waals surface area contributed by atoms with Crippen LogP contribution in [0.15, 0.2) is 17.1 Å². The minimum atomic E-state index is -0.804. The van der Waals surface area contributed by atoms with E-state index in [9.17, 15) is 14.0 Å². The highest BCUT2D eigenvalue weighted by Crippen LogP contribution is 2.31. The van der Waals surface area contributed by atoms with E-state index >= 15 is 4.39 Å². The van der Waals surface area contributed by atoms with Gasteiger partial charge in [0.2, 0.25) is 5.43 Å². The van der Waals surface area contributed by atoms with Gasteiger partial charge in [-0.1, -0.05) is 0 Å². The van der Waals surface area contributed by atoms with Crippen molar-refractivity contribution in [2.24, 2.45) is 0 Å². The molecule has 3 rings (SSSR count). The molecule has 134 valence electrons. The molecule has 1 atom stereocenters. The van der Waals surface area contributed by atoms with Crippen LogP contribution in [0, 0.1) is 11.6 Å². The van der Waals surface area contributed by atoms with Crippen molar-refractivity contribution in [1.29, 1.82) is 0 Å². The predicted octanol–water partition coefficient (Wildman–Crippen LogP) is 1.63. The van der Waals surface area contributed by atoms with Crippen molar-refractivity contribution in [3.63, 3.8) is 0 Å². The first-order valence-corrected chi connectivity index (χ1v) is 8.11. The lowest BCUT2D eigenvalue weighted by atomic mass is 10.1. The number of carbonyl (C=O) groups is 1. The smallest absolute Gasteiger partial charge is 0.298 e. The molecule has 0 aliphatic carbocycles. The molecule has 0 bridgehead atoms. The topological polar surface area (TPSA) is 63.6 Å². The quantitative estimate of drug-likeness (QED) is 0.849. The summed E-state index contributed by atoms with van der Waals surface area (Å²) in [5, 5.41) is 3.07. The van der Waals surface area contributed by atoms with Crippen LogP contribution in [0.1, 0.15) is 13.8 Å². The summed E-state index contributed by atoms with van der Waals surface area (Å²) in [6, 6.07) is 1.12. The zero-order chi connectivity index (χ0) is 18.1. The van der Waals surface area contributed by atoms with Crippen LogP contribution in [0.25, 0.3) is 10.9 Å². The van der Waals surface area contributed by atoms with Crippen LogP contribution in [-0.2, 0) is 11.3 Å². The number of rotatable bonds is 4. The number of fused-ring (bicyclic) bond motifs is 1. The number of piperazine rings is 1. The summed E-state index contributed by atoms with van der Waals surface area (Å²) >= 11 is 0. The van der Waals surface area contributed by atoms with Gasteiger partial charge in [0, 0.05) is 32.2 Å². The second kappa shape index (κ2) is 6.79. The van der Waals surface area contributed by atoms with Gasteiger partial charge in [-0.3, -0.25) is 9.59 Å². The van der Waals surface area contributed by atoms with Gasteiger partial charge >= 0.3 is 0 Å². The first-order chi connectivity index (χ1) is 12.0. The molecule has 0 saturated carbocycles. The zero-order valence-electron chi connectivity index (χ0n) is 14.0. The van der Waals surface area contributed by atoms with Crippen molar-refractivity contribution in [3.8, 4) is 5.75 Å². The van der Waals surface area contributed by atoms with Crippen LogP contribution in [0.5, 0.6) is 5.75 Å². The number of halogens is 2. The molecule has 8 heteroatoms. The third kappa shape index (κ3) is 2.97. The molecule has 1 aromatic carbocycles. The number of ether oxygens (including phenoxy) is 1. The van der Waals surface area contributed by atoms with E-state index in [4.69, 9.17) is 0 Å². The lowest BCUT2D eigenvalue weighted by Gasteiger charge is -2.34. The standard InChI is InChI=1S/C17H19F2N3O3/c1-3-21-8-13(25-9-23)17(24)11-6-12(18)16(14(19)15(11)21)22-5-4-20-10(2)7-22/h6,8-10,20H,3-5,7H2,1-2H3. The van der Waals surface area contributed by atoms with Crippen LogP contribution >= 0.6 is 0 Å². The van der Waals surface area contributed by atoms with Crippen LogP contribution < -0.4 is 20.4 Å². The molecule has 1 unspecified atom stereocenters. The van der Waals surface area contributed by atoms with E-state index in [1.165, 1.54) is 10.8 Å². The van der Waals surface area contributed by atoms with E-state index in [1.807, 2.05) is 6.92 Å². The molecule has 0 amide bonds. The number of nitrogens with zero attached hydrogens (tertiary/aromatic N) is 2. The molecule has 1 fully saturated rings. The van der Waals surface area contributed by atoms with Gasteiger partial charge in [0.05, 0.1) is 17.1 Å². The fourth-order valence-electron chi connectivity index (χ4n) is 3.26. The third-order valence-electron chi connectivity index (χ3n) is 4.40. The number of benzene rings is 1. The van der Waals surface area contributed by atoms with Crippen molar-refractivity contribution < 1.29 is 18.3 Å². The molecule has 1 aliphatic rings. The van der Waals surface area contributed by atoms with Crippen LogP contribution in [0.3, 0.4) is 0 Å². The molecule has 6 nitrogen and oxygen atoms in total. The average molecular weight is 351 g/mol. The van der Waals surface area contributed by atoms with Crippen LogP contribution in [0.4, 0.5) is 14.5 Å². The second-order valence-electron chi connectivity index (χ2n) is 6.04. The first kappa shape index (κ1) is 17.3. The minimum absolute atomic E-state index is 0.00772. The monoisotopic (exact) mass is 351 g/mol. The van der Waals surface area contributed by atoms with Gasteiger partial charge in [-0.2, -0.15) is 0 Å².